The fourth-order valence-electron chi connectivity index (χ4n) is 2.94. The van der Waals surface area contributed by atoms with E-state index in [-0.39, 0.29) is 11.5 Å². The van der Waals surface area contributed by atoms with Crippen LogP contribution in [0.5, 0.6) is 0 Å². The van der Waals surface area contributed by atoms with Gasteiger partial charge in [-0.25, -0.2) is 9.97 Å². The first-order chi connectivity index (χ1) is 13.1. The molecule has 0 atom stereocenters. The zero-order chi connectivity index (χ0) is 18.8. The molecule has 0 saturated carbocycles. The quantitative estimate of drug-likeness (QED) is 0.611. The van der Waals surface area contributed by atoms with Gasteiger partial charge < -0.3 is 5.32 Å². The molecule has 0 aliphatic carbocycles. The van der Waals surface area contributed by atoms with Crippen molar-refractivity contribution in [1.29, 1.82) is 0 Å². The van der Waals surface area contributed by atoms with E-state index in [1.165, 1.54) is 4.57 Å². The minimum Gasteiger partial charge on any atom is -0.322 e. The number of fused-ring (bicyclic) bond motifs is 1. The maximum Gasteiger partial charge on any atom is 0.267 e. The fourth-order valence-corrected chi connectivity index (χ4v) is 2.94. The lowest BCUT2D eigenvalue weighted by Gasteiger charge is -2.12. The summed E-state index contributed by atoms with van der Waals surface area (Å²) in [5.41, 5.74) is 2.01. The van der Waals surface area contributed by atoms with Crippen LogP contribution in [0.2, 0.25) is 0 Å². The van der Waals surface area contributed by atoms with E-state index in [0.717, 1.165) is 0 Å². The molecule has 1 N–H and O–H groups in total. The van der Waals surface area contributed by atoms with Gasteiger partial charge in [-0.3, -0.25) is 14.2 Å². The third kappa shape index (κ3) is 3.20. The molecule has 0 saturated heterocycles. The van der Waals surface area contributed by atoms with Crippen molar-refractivity contribution in [1.82, 2.24) is 14.5 Å². The summed E-state index contributed by atoms with van der Waals surface area (Å²) in [6.45, 7) is 1.75. The van der Waals surface area contributed by atoms with Crippen LogP contribution in [0, 0.1) is 6.92 Å². The van der Waals surface area contributed by atoms with Crippen LogP contribution in [-0.4, -0.2) is 20.4 Å². The first kappa shape index (κ1) is 16.7. The molecule has 0 aliphatic heterocycles. The number of aryl methyl sites for hydroxylation is 1. The molecule has 27 heavy (non-hydrogen) atoms. The Morgan fingerprint density at radius 2 is 1.81 bits per heavy atom. The van der Waals surface area contributed by atoms with Crippen molar-refractivity contribution in [3.63, 3.8) is 0 Å². The molecule has 2 aromatic heterocycles. The summed E-state index contributed by atoms with van der Waals surface area (Å²) in [6, 6.07) is 19.5. The molecule has 0 bridgehead atoms. The first-order valence-electron chi connectivity index (χ1n) is 8.45. The van der Waals surface area contributed by atoms with Crippen LogP contribution < -0.4 is 10.9 Å². The Labute approximate surface area is 155 Å². The van der Waals surface area contributed by atoms with Crippen LogP contribution in [-0.2, 0) is 0 Å². The van der Waals surface area contributed by atoms with Gasteiger partial charge in [-0.05, 0) is 49.4 Å². The van der Waals surface area contributed by atoms with Gasteiger partial charge in [0.25, 0.3) is 11.5 Å². The standard InChI is InChI=1S/C21H16N4O2/c1-14-23-19-18(11-6-12-22-19)21(27)25(14)17-10-5-9-16(13-17)24-20(26)15-7-3-2-4-8-15/h2-13H,1H3,(H,24,26). The molecular formula is C21H16N4O2. The third-order valence-corrected chi connectivity index (χ3v) is 4.21. The highest BCUT2D eigenvalue weighted by atomic mass is 16.1. The number of hydrogen-bond acceptors (Lipinski definition) is 4. The van der Waals surface area contributed by atoms with Crippen molar-refractivity contribution in [2.75, 3.05) is 5.32 Å². The third-order valence-electron chi connectivity index (χ3n) is 4.21. The smallest absolute Gasteiger partial charge is 0.267 e. The molecule has 0 spiro atoms. The summed E-state index contributed by atoms with van der Waals surface area (Å²) in [4.78, 5) is 33.8. The lowest BCUT2D eigenvalue weighted by Crippen LogP contribution is -2.22. The highest BCUT2D eigenvalue weighted by molar-refractivity contribution is 6.04. The summed E-state index contributed by atoms with van der Waals surface area (Å²) in [7, 11) is 0. The number of pyridine rings is 1. The molecule has 1 amide bonds. The average molecular weight is 356 g/mol. The number of aromatic nitrogens is 3. The predicted octanol–water partition coefficient (Wildman–Crippen LogP) is 3.34. The molecule has 0 unspecified atom stereocenters. The lowest BCUT2D eigenvalue weighted by molar-refractivity contribution is 0.102. The molecule has 132 valence electrons. The number of hydrogen-bond donors (Lipinski definition) is 1. The van der Waals surface area contributed by atoms with Gasteiger partial charge in [0.1, 0.15) is 5.82 Å². The van der Waals surface area contributed by atoms with Crippen LogP contribution in [0.25, 0.3) is 16.7 Å². The number of amides is 1. The van der Waals surface area contributed by atoms with E-state index in [9.17, 15) is 9.59 Å². The van der Waals surface area contributed by atoms with Gasteiger partial charge >= 0.3 is 0 Å². The second-order valence-electron chi connectivity index (χ2n) is 6.04. The molecule has 4 rings (SSSR count). The molecule has 0 aliphatic rings. The van der Waals surface area contributed by atoms with Crippen molar-refractivity contribution in [2.24, 2.45) is 0 Å². The number of carbonyl (C=O) groups is 1. The van der Waals surface area contributed by atoms with E-state index in [2.05, 4.69) is 15.3 Å². The summed E-state index contributed by atoms with van der Waals surface area (Å²) >= 11 is 0. The van der Waals surface area contributed by atoms with Gasteiger partial charge in [-0.15, -0.1) is 0 Å². The largest absolute Gasteiger partial charge is 0.322 e. The Kier molecular flexibility index (Phi) is 4.22. The van der Waals surface area contributed by atoms with Gasteiger partial charge in [0.15, 0.2) is 5.65 Å². The highest BCUT2D eigenvalue weighted by Crippen LogP contribution is 2.17. The summed E-state index contributed by atoms with van der Waals surface area (Å²) in [5, 5.41) is 3.30. The topological polar surface area (TPSA) is 76.9 Å². The first-order valence-corrected chi connectivity index (χ1v) is 8.45. The average Bonchev–Trinajstić information content (AvgIpc) is 2.69. The number of nitrogens with one attached hydrogen (secondary N) is 1. The maximum absolute atomic E-state index is 12.9. The van der Waals surface area contributed by atoms with E-state index >= 15 is 0 Å². The number of rotatable bonds is 3. The molecule has 6 nitrogen and oxygen atoms in total. The molecule has 0 radical (unpaired) electrons. The van der Waals surface area contributed by atoms with E-state index < -0.39 is 0 Å². The fraction of sp³-hybridized carbons (Fsp3) is 0.0476. The minimum absolute atomic E-state index is 0.197. The number of anilines is 1. The van der Waals surface area contributed by atoms with Crippen LogP contribution >= 0.6 is 0 Å². The van der Waals surface area contributed by atoms with Crippen molar-refractivity contribution in [2.45, 2.75) is 6.92 Å². The summed E-state index contributed by atoms with van der Waals surface area (Å²) < 4.78 is 1.52. The van der Waals surface area contributed by atoms with Crippen molar-refractivity contribution < 1.29 is 4.79 Å². The zero-order valence-corrected chi connectivity index (χ0v) is 14.6. The minimum atomic E-state index is -0.211. The van der Waals surface area contributed by atoms with Crippen molar-refractivity contribution in [3.05, 3.63) is 94.7 Å². The van der Waals surface area contributed by atoms with Crippen LogP contribution in [0.3, 0.4) is 0 Å². The predicted molar refractivity (Wildman–Crippen MR) is 104 cm³/mol. The number of nitrogens with zero attached hydrogens (tertiary/aromatic N) is 3. The molecule has 4 aromatic rings. The van der Waals surface area contributed by atoms with Crippen molar-refractivity contribution in [3.8, 4) is 5.69 Å². The Morgan fingerprint density at radius 1 is 1.00 bits per heavy atom. The Bertz CT molecular complexity index is 1200. The van der Waals surface area contributed by atoms with Gasteiger partial charge in [0.05, 0.1) is 11.1 Å². The second-order valence-corrected chi connectivity index (χ2v) is 6.04. The van der Waals surface area contributed by atoms with Gasteiger partial charge in [0, 0.05) is 17.4 Å². The second kappa shape index (κ2) is 6.84. The van der Waals surface area contributed by atoms with Crippen LogP contribution in [0.15, 0.2) is 77.7 Å². The van der Waals surface area contributed by atoms with Crippen LogP contribution in [0.1, 0.15) is 16.2 Å². The normalized spacial score (nSPS) is 10.7. The SMILES string of the molecule is Cc1nc2ncccc2c(=O)n1-c1cccc(NC(=O)c2ccccc2)c1. The summed E-state index contributed by atoms with van der Waals surface area (Å²) in [5.74, 6) is 0.315. The van der Waals surface area contributed by atoms with E-state index in [0.29, 0.717) is 33.8 Å². The number of carbonyl (C=O) groups excluding carboxylic acids is 1. The summed E-state index contributed by atoms with van der Waals surface area (Å²) in [6.07, 6.45) is 1.61. The highest BCUT2D eigenvalue weighted by Gasteiger charge is 2.11. The van der Waals surface area contributed by atoms with E-state index in [1.807, 2.05) is 18.2 Å². The van der Waals surface area contributed by atoms with Crippen LogP contribution in [0.4, 0.5) is 5.69 Å². The Hall–Kier alpha value is -3.80. The molecular weight excluding hydrogens is 340 g/mol. The molecule has 0 fully saturated rings. The van der Waals surface area contributed by atoms with Crippen molar-refractivity contribution >= 4 is 22.6 Å². The molecule has 2 aromatic carbocycles. The van der Waals surface area contributed by atoms with Gasteiger partial charge in [-0.1, -0.05) is 24.3 Å². The van der Waals surface area contributed by atoms with Gasteiger partial charge in [-0.2, -0.15) is 0 Å². The Balaban J connectivity index is 1.74. The lowest BCUT2D eigenvalue weighted by atomic mass is 10.2. The Morgan fingerprint density at radius 3 is 2.63 bits per heavy atom. The monoisotopic (exact) mass is 356 g/mol. The maximum atomic E-state index is 12.9. The molecule has 6 heteroatoms. The van der Waals surface area contributed by atoms with E-state index in [1.54, 1.807) is 61.7 Å². The van der Waals surface area contributed by atoms with E-state index in [4.69, 9.17) is 0 Å². The van der Waals surface area contributed by atoms with Gasteiger partial charge in [0.2, 0.25) is 0 Å². The molecule has 2 heterocycles. The number of benzene rings is 2. The zero-order valence-electron chi connectivity index (χ0n) is 14.6.